The lowest BCUT2D eigenvalue weighted by Crippen LogP contribution is -2.35. The zero-order valence-electron chi connectivity index (χ0n) is 15.7. The van der Waals surface area contributed by atoms with E-state index in [1.165, 1.54) is 4.90 Å². The average molecular weight is 370 g/mol. The third kappa shape index (κ3) is 4.30. The first-order valence-corrected chi connectivity index (χ1v) is 9.45. The molecule has 1 fully saturated rings. The summed E-state index contributed by atoms with van der Waals surface area (Å²) < 4.78 is 0. The van der Waals surface area contributed by atoms with Crippen LogP contribution in [-0.4, -0.2) is 46.4 Å². The fourth-order valence-corrected chi connectivity index (χ4v) is 3.28. The number of carbonyl (C=O) groups excluding carboxylic acids is 3. The van der Waals surface area contributed by atoms with Gasteiger partial charge in [0.25, 0.3) is 5.91 Å². The third-order valence-electron chi connectivity index (χ3n) is 5.07. The van der Waals surface area contributed by atoms with Crippen LogP contribution in [-0.2, 0) is 16.0 Å². The maximum atomic E-state index is 12.5. The van der Waals surface area contributed by atoms with Crippen molar-refractivity contribution in [1.29, 1.82) is 0 Å². The Labute approximate surface area is 158 Å². The number of rotatable bonds is 8. The number of fused-ring (bicyclic) bond motifs is 1. The monoisotopic (exact) mass is 370 g/mol. The Hall–Kier alpha value is -2.83. The highest BCUT2D eigenvalue weighted by molar-refractivity contribution is 6.04. The number of hydrogen-bond acceptors (Lipinski definition) is 3. The Morgan fingerprint density at radius 2 is 2.07 bits per heavy atom. The number of nitrogens with one attached hydrogen (secondary N) is 3. The molecule has 0 saturated carbocycles. The van der Waals surface area contributed by atoms with Gasteiger partial charge in [0, 0.05) is 36.1 Å². The van der Waals surface area contributed by atoms with E-state index in [9.17, 15) is 14.4 Å². The first kappa shape index (κ1) is 18.9. The SMILES string of the molecule is CC[C@@H](C)NC(=O)CC[C@@H]1NC(=O)N(CCc2c[nH]c3ccccc23)C1=O. The van der Waals surface area contributed by atoms with Crippen molar-refractivity contribution in [3.63, 3.8) is 0 Å². The van der Waals surface area contributed by atoms with Crippen LogP contribution in [0.25, 0.3) is 10.9 Å². The Morgan fingerprint density at radius 1 is 1.30 bits per heavy atom. The molecule has 3 N–H and O–H groups in total. The van der Waals surface area contributed by atoms with Crippen molar-refractivity contribution in [1.82, 2.24) is 20.5 Å². The number of amides is 4. The van der Waals surface area contributed by atoms with Crippen LogP contribution in [0.4, 0.5) is 4.79 Å². The first-order valence-electron chi connectivity index (χ1n) is 9.45. The number of aromatic nitrogens is 1. The lowest BCUT2D eigenvalue weighted by atomic mass is 10.1. The Balaban J connectivity index is 1.54. The van der Waals surface area contributed by atoms with Gasteiger partial charge in [0.2, 0.25) is 5.91 Å². The minimum absolute atomic E-state index is 0.0939. The number of hydrogen-bond donors (Lipinski definition) is 3. The normalized spacial score (nSPS) is 18.0. The van der Waals surface area contributed by atoms with Gasteiger partial charge in [-0.1, -0.05) is 25.1 Å². The van der Waals surface area contributed by atoms with Crippen LogP contribution in [0.15, 0.2) is 30.5 Å². The average Bonchev–Trinajstić information content (AvgIpc) is 3.19. The molecule has 144 valence electrons. The topological polar surface area (TPSA) is 94.3 Å². The smallest absolute Gasteiger partial charge is 0.324 e. The van der Waals surface area contributed by atoms with Crippen molar-refractivity contribution in [3.05, 3.63) is 36.0 Å². The number of aromatic amines is 1. The van der Waals surface area contributed by atoms with Gasteiger partial charge in [-0.15, -0.1) is 0 Å². The van der Waals surface area contributed by atoms with Gasteiger partial charge in [-0.3, -0.25) is 14.5 Å². The number of nitrogens with zero attached hydrogens (tertiary/aromatic N) is 1. The molecule has 7 heteroatoms. The number of benzene rings is 1. The molecule has 1 saturated heterocycles. The van der Waals surface area contributed by atoms with Gasteiger partial charge in [-0.25, -0.2) is 4.79 Å². The van der Waals surface area contributed by atoms with Crippen molar-refractivity contribution in [3.8, 4) is 0 Å². The molecule has 0 unspecified atom stereocenters. The van der Waals surface area contributed by atoms with Crippen molar-refractivity contribution < 1.29 is 14.4 Å². The molecule has 2 heterocycles. The highest BCUT2D eigenvalue weighted by atomic mass is 16.2. The van der Waals surface area contributed by atoms with Crippen LogP contribution < -0.4 is 10.6 Å². The van der Waals surface area contributed by atoms with Crippen LogP contribution in [0.3, 0.4) is 0 Å². The summed E-state index contributed by atoms with van der Waals surface area (Å²) in [5.41, 5.74) is 2.11. The van der Waals surface area contributed by atoms with E-state index in [2.05, 4.69) is 15.6 Å². The lowest BCUT2D eigenvalue weighted by Gasteiger charge is -2.14. The summed E-state index contributed by atoms with van der Waals surface area (Å²) >= 11 is 0. The van der Waals surface area contributed by atoms with Gasteiger partial charge >= 0.3 is 6.03 Å². The third-order valence-corrected chi connectivity index (χ3v) is 5.07. The summed E-state index contributed by atoms with van der Waals surface area (Å²) in [6, 6.07) is 7.05. The predicted molar refractivity (Wildman–Crippen MR) is 103 cm³/mol. The molecule has 1 aliphatic rings. The van der Waals surface area contributed by atoms with Crippen LogP contribution in [0.1, 0.15) is 38.7 Å². The van der Waals surface area contributed by atoms with E-state index < -0.39 is 6.04 Å². The number of urea groups is 1. The summed E-state index contributed by atoms with van der Waals surface area (Å²) in [6.45, 7) is 4.26. The number of imide groups is 1. The molecule has 1 aromatic carbocycles. The zero-order chi connectivity index (χ0) is 19.4. The molecule has 0 radical (unpaired) electrons. The Morgan fingerprint density at radius 3 is 2.85 bits per heavy atom. The van der Waals surface area contributed by atoms with Crippen LogP contribution in [0.2, 0.25) is 0 Å². The second kappa shape index (κ2) is 8.24. The van der Waals surface area contributed by atoms with Crippen molar-refractivity contribution in [2.75, 3.05) is 6.54 Å². The molecule has 0 aliphatic carbocycles. The van der Waals surface area contributed by atoms with E-state index in [0.717, 1.165) is 22.9 Å². The lowest BCUT2D eigenvalue weighted by molar-refractivity contribution is -0.127. The number of H-pyrrole nitrogens is 1. The fourth-order valence-electron chi connectivity index (χ4n) is 3.28. The molecule has 2 aromatic rings. The van der Waals surface area contributed by atoms with Crippen LogP contribution in [0, 0.1) is 0 Å². The largest absolute Gasteiger partial charge is 0.361 e. The van der Waals surface area contributed by atoms with E-state index >= 15 is 0 Å². The molecular formula is C20H26N4O3. The summed E-state index contributed by atoms with van der Waals surface area (Å²) in [7, 11) is 0. The zero-order valence-corrected chi connectivity index (χ0v) is 15.7. The molecule has 27 heavy (non-hydrogen) atoms. The minimum atomic E-state index is -0.622. The minimum Gasteiger partial charge on any atom is -0.361 e. The van der Waals surface area contributed by atoms with E-state index in [1.807, 2.05) is 44.3 Å². The molecule has 1 aromatic heterocycles. The van der Waals surface area contributed by atoms with Crippen LogP contribution >= 0.6 is 0 Å². The van der Waals surface area contributed by atoms with Gasteiger partial charge in [0.05, 0.1) is 0 Å². The molecule has 4 amide bonds. The van der Waals surface area contributed by atoms with Gasteiger partial charge in [0.15, 0.2) is 0 Å². The fraction of sp³-hybridized carbons (Fsp3) is 0.450. The molecule has 2 atom stereocenters. The molecule has 7 nitrogen and oxygen atoms in total. The Bertz CT molecular complexity index is 845. The maximum absolute atomic E-state index is 12.5. The van der Waals surface area contributed by atoms with Crippen molar-refractivity contribution >= 4 is 28.7 Å². The Kier molecular flexibility index (Phi) is 5.78. The van der Waals surface area contributed by atoms with Gasteiger partial charge in [0.1, 0.15) is 6.04 Å². The van der Waals surface area contributed by atoms with Crippen molar-refractivity contribution in [2.24, 2.45) is 0 Å². The highest BCUT2D eigenvalue weighted by Gasteiger charge is 2.37. The predicted octanol–water partition coefficient (Wildman–Crippen LogP) is 2.33. The number of carbonyl (C=O) groups is 3. The van der Waals surface area contributed by atoms with Gasteiger partial charge in [-0.05, 0) is 37.8 Å². The molecule has 1 aliphatic heterocycles. The quantitative estimate of drug-likeness (QED) is 0.623. The molecule has 0 bridgehead atoms. The first-order chi connectivity index (χ1) is 13.0. The summed E-state index contributed by atoms with van der Waals surface area (Å²) in [4.78, 5) is 41.0. The second-order valence-corrected chi connectivity index (χ2v) is 7.02. The van der Waals surface area contributed by atoms with Crippen molar-refractivity contribution in [2.45, 2.75) is 51.6 Å². The summed E-state index contributed by atoms with van der Waals surface area (Å²) in [5.74, 6) is -0.347. The van der Waals surface area contributed by atoms with E-state index in [1.54, 1.807) is 0 Å². The molecular weight excluding hydrogens is 344 g/mol. The van der Waals surface area contributed by atoms with E-state index in [0.29, 0.717) is 19.4 Å². The molecule has 0 spiro atoms. The highest BCUT2D eigenvalue weighted by Crippen LogP contribution is 2.19. The van der Waals surface area contributed by atoms with Gasteiger partial charge in [-0.2, -0.15) is 0 Å². The summed E-state index contributed by atoms with van der Waals surface area (Å²) in [5, 5.41) is 6.66. The number of para-hydroxylation sites is 1. The second-order valence-electron chi connectivity index (χ2n) is 7.02. The van der Waals surface area contributed by atoms with Gasteiger partial charge < -0.3 is 15.6 Å². The van der Waals surface area contributed by atoms with E-state index in [4.69, 9.17) is 0 Å². The summed E-state index contributed by atoms with van der Waals surface area (Å²) in [6.07, 6.45) is 3.89. The van der Waals surface area contributed by atoms with E-state index in [-0.39, 0.29) is 30.3 Å². The van der Waals surface area contributed by atoms with Crippen LogP contribution in [0.5, 0.6) is 0 Å². The standard InChI is InChI=1S/C20H26N4O3/c1-3-13(2)22-18(25)9-8-17-19(26)24(20(27)23-17)11-10-14-12-21-16-7-5-4-6-15(14)16/h4-7,12-13,17,21H,3,8-11H2,1-2H3,(H,22,25)(H,23,27)/t13-,17+/m1/s1. The molecule has 3 rings (SSSR count). The maximum Gasteiger partial charge on any atom is 0.324 e.